The van der Waals surface area contributed by atoms with Gasteiger partial charge in [-0.2, -0.15) is 0 Å². The highest BCUT2D eigenvalue weighted by atomic mass is 35.5. The van der Waals surface area contributed by atoms with Crippen molar-refractivity contribution in [3.63, 3.8) is 0 Å². The zero-order chi connectivity index (χ0) is 16.3. The molecule has 0 radical (unpaired) electrons. The molecule has 1 aromatic carbocycles. The average Bonchev–Trinajstić information content (AvgIpc) is 2.97. The lowest BCUT2D eigenvalue weighted by Crippen LogP contribution is -2.39. The Balaban J connectivity index is 0.00000208. The second-order valence-electron chi connectivity index (χ2n) is 6.94. The molecule has 2 N–H and O–H groups in total. The Labute approximate surface area is 149 Å². The average molecular weight is 351 g/mol. The molecule has 132 valence electrons. The molecule has 0 atom stereocenters. The van der Waals surface area contributed by atoms with Crippen LogP contribution in [0.15, 0.2) is 34.7 Å². The van der Waals surface area contributed by atoms with Crippen LogP contribution in [-0.2, 0) is 11.3 Å². The van der Waals surface area contributed by atoms with Crippen LogP contribution >= 0.6 is 12.4 Å². The van der Waals surface area contributed by atoms with Gasteiger partial charge in [0.2, 0.25) is 5.91 Å². The highest BCUT2D eigenvalue weighted by Gasteiger charge is 2.33. The van der Waals surface area contributed by atoms with Crippen molar-refractivity contribution in [1.82, 2.24) is 4.90 Å². The fourth-order valence-electron chi connectivity index (χ4n) is 3.65. The molecule has 4 nitrogen and oxygen atoms in total. The largest absolute Gasteiger partial charge is 0.459 e. The highest BCUT2D eigenvalue weighted by Crippen LogP contribution is 2.38. The van der Waals surface area contributed by atoms with Crippen LogP contribution in [0, 0.1) is 5.41 Å². The topological polar surface area (TPSA) is 59.5 Å². The van der Waals surface area contributed by atoms with Crippen molar-refractivity contribution in [2.24, 2.45) is 11.1 Å². The smallest absolute Gasteiger partial charge is 0.223 e. The van der Waals surface area contributed by atoms with E-state index in [4.69, 9.17) is 10.2 Å². The van der Waals surface area contributed by atoms with E-state index in [2.05, 4.69) is 0 Å². The first-order chi connectivity index (χ1) is 11.1. The Kier molecular flexibility index (Phi) is 6.30. The fourth-order valence-corrected chi connectivity index (χ4v) is 3.65. The molecule has 24 heavy (non-hydrogen) atoms. The maximum absolute atomic E-state index is 12.6. The molecule has 2 aromatic rings. The maximum Gasteiger partial charge on any atom is 0.223 e. The second kappa shape index (κ2) is 8.04. The molecule has 5 heteroatoms. The molecule has 0 bridgehead atoms. The number of benzene rings is 1. The summed E-state index contributed by atoms with van der Waals surface area (Å²) in [4.78, 5) is 14.4. The first-order valence-corrected chi connectivity index (χ1v) is 8.53. The van der Waals surface area contributed by atoms with Crippen LogP contribution < -0.4 is 5.73 Å². The van der Waals surface area contributed by atoms with E-state index in [0.717, 1.165) is 29.6 Å². The van der Waals surface area contributed by atoms with Crippen molar-refractivity contribution in [2.45, 2.75) is 45.1 Å². The molecule has 1 heterocycles. The molecule has 1 aromatic heterocycles. The molecule has 1 saturated carbocycles. The summed E-state index contributed by atoms with van der Waals surface area (Å²) in [6, 6.07) is 9.93. The lowest BCUT2D eigenvalue weighted by Gasteiger charge is -2.36. The first kappa shape index (κ1) is 18.8. The summed E-state index contributed by atoms with van der Waals surface area (Å²) in [5, 5.41) is 1.08. The predicted molar refractivity (Wildman–Crippen MR) is 99.1 cm³/mol. The third kappa shape index (κ3) is 4.11. The molecule has 0 spiro atoms. The molecule has 1 amide bonds. The van der Waals surface area contributed by atoms with Gasteiger partial charge in [-0.15, -0.1) is 12.4 Å². The van der Waals surface area contributed by atoms with Crippen LogP contribution in [0.5, 0.6) is 0 Å². The minimum Gasteiger partial charge on any atom is -0.459 e. The number of carbonyl (C=O) groups is 1. The summed E-state index contributed by atoms with van der Waals surface area (Å²) >= 11 is 0. The molecular weight excluding hydrogens is 324 g/mol. The third-order valence-electron chi connectivity index (χ3n) is 5.17. The summed E-state index contributed by atoms with van der Waals surface area (Å²) in [5.41, 5.74) is 6.88. The van der Waals surface area contributed by atoms with Crippen molar-refractivity contribution in [2.75, 3.05) is 13.6 Å². The van der Waals surface area contributed by atoms with Crippen molar-refractivity contribution < 1.29 is 9.21 Å². The lowest BCUT2D eigenvalue weighted by molar-refractivity contribution is -0.133. The van der Waals surface area contributed by atoms with E-state index >= 15 is 0 Å². The van der Waals surface area contributed by atoms with E-state index in [-0.39, 0.29) is 23.7 Å². The number of hydrogen-bond donors (Lipinski definition) is 1. The van der Waals surface area contributed by atoms with Crippen LogP contribution in [-0.4, -0.2) is 24.4 Å². The number of carbonyl (C=O) groups excluding carboxylic acids is 1. The van der Waals surface area contributed by atoms with Gasteiger partial charge in [0.15, 0.2) is 0 Å². The minimum atomic E-state index is 0. The monoisotopic (exact) mass is 350 g/mol. The Bertz CT molecular complexity index is 644. The molecule has 0 saturated heterocycles. The molecular formula is C19H27ClN2O2. The summed E-state index contributed by atoms with van der Waals surface area (Å²) in [6.07, 6.45) is 6.36. The summed E-state index contributed by atoms with van der Waals surface area (Å²) in [6.45, 7) is 1.12. The van der Waals surface area contributed by atoms with Crippen molar-refractivity contribution >= 4 is 29.3 Å². The van der Waals surface area contributed by atoms with E-state index < -0.39 is 0 Å². The second-order valence-corrected chi connectivity index (χ2v) is 6.94. The number of fused-ring (bicyclic) bond motifs is 1. The summed E-state index contributed by atoms with van der Waals surface area (Å²) in [5.74, 6) is 0.991. The van der Waals surface area contributed by atoms with Gasteiger partial charge in [-0.25, -0.2) is 0 Å². The number of nitrogens with zero attached hydrogens (tertiary/aromatic N) is 1. The van der Waals surface area contributed by atoms with Crippen molar-refractivity contribution in [3.8, 4) is 0 Å². The zero-order valence-corrected chi connectivity index (χ0v) is 15.1. The van der Waals surface area contributed by atoms with E-state index in [1.807, 2.05) is 37.4 Å². The van der Waals surface area contributed by atoms with Gasteiger partial charge in [-0.05, 0) is 36.9 Å². The third-order valence-corrected chi connectivity index (χ3v) is 5.17. The van der Waals surface area contributed by atoms with Gasteiger partial charge in [0, 0.05) is 18.9 Å². The molecule has 0 aliphatic heterocycles. The van der Waals surface area contributed by atoms with Gasteiger partial charge in [-0.1, -0.05) is 37.5 Å². The van der Waals surface area contributed by atoms with Gasteiger partial charge < -0.3 is 15.1 Å². The van der Waals surface area contributed by atoms with Gasteiger partial charge in [-0.3, -0.25) is 4.79 Å². The number of amides is 1. The SMILES string of the molecule is CN(Cc1cc2ccccc2o1)C(=O)CC1(CN)CCCCC1.Cl. The number of rotatable bonds is 5. The van der Waals surface area contributed by atoms with Gasteiger partial charge in [0.25, 0.3) is 0 Å². The normalized spacial score (nSPS) is 16.6. The molecule has 1 fully saturated rings. The lowest BCUT2D eigenvalue weighted by atomic mass is 9.71. The van der Waals surface area contributed by atoms with Crippen LogP contribution in [0.2, 0.25) is 0 Å². The maximum atomic E-state index is 12.6. The van der Waals surface area contributed by atoms with Gasteiger partial charge in [0.05, 0.1) is 6.54 Å². The van der Waals surface area contributed by atoms with Crippen LogP contribution in [0.25, 0.3) is 11.0 Å². The Morgan fingerprint density at radius 1 is 1.25 bits per heavy atom. The number of para-hydroxylation sites is 1. The zero-order valence-electron chi connectivity index (χ0n) is 14.3. The summed E-state index contributed by atoms with van der Waals surface area (Å²) < 4.78 is 5.81. The number of nitrogens with two attached hydrogens (primary N) is 1. The predicted octanol–water partition coefficient (Wildman–Crippen LogP) is 4.11. The minimum absolute atomic E-state index is 0. The molecule has 1 aliphatic carbocycles. The number of halogens is 1. The van der Waals surface area contributed by atoms with E-state index in [1.165, 1.54) is 19.3 Å². The van der Waals surface area contributed by atoms with Crippen LogP contribution in [0.3, 0.4) is 0 Å². The van der Waals surface area contributed by atoms with E-state index in [9.17, 15) is 4.79 Å². The summed E-state index contributed by atoms with van der Waals surface area (Å²) in [7, 11) is 1.85. The molecule has 3 rings (SSSR count). The van der Waals surface area contributed by atoms with Crippen LogP contribution in [0.1, 0.15) is 44.3 Å². The molecule has 0 unspecified atom stereocenters. The Morgan fingerprint density at radius 2 is 1.96 bits per heavy atom. The van der Waals surface area contributed by atoms with Crippen molar-refractivity contribution in [3.05, 3.63) is 36.1 Å². The number of furan rings is 1. The highest BCUT2D eigenvalue weighted by molar-refractivity contribution is 5.85. The Hall–Kier alpha value is -1.52. The van der Waals surface area contributed by atoms with Gasteiger partial charge >= 0.3 is 0 Å². The first-order valence-electron chi connectivity index (χ1n) is 8.53. The quantitative estimate of drug-likeness (QED) is 0.882. The molecule has 1 aliphatic rings. The van der Waals surface area contributed by atoms with Gasteiger partial charge in [0.1, 0.15) is 11.3 Å². The Morgan fingerprint density at radius 3 is 2.62 bits per heavy atom. The van der Waals surface area contributed by atoms with Crippen LogP contribution in [0.4, 0.5) is 0 Å². The fraction of sp³-hybridized carbons (Fsp3) is 0.526. The van der Waals surface area contributed by atoms with E-state index in [1.54, 1.807) is 4.90 Å². The number of hydrogen-bond acceptors (Lipinski definition) is 3. The standard InChI is InChI=1S/C19H26N2O2.ClH/c1-21(13-16-11-15-7-3-4-8-17(15)23-16)18(22)12-19(14-20)9-5-2-6-10-19;/h3-4,7-8,11H,2,5-6,9-10,12-14,20H2,1H3;1H. The van der Waals surface area contributed by atoms with Crippen molar-refractivity contribution in [1.29, 1.82) is 0 Å². The van der Waals surface area contributed by atoms with E-state index in [0.29, 0.717) is 19.5 Å².